The molecule has 0 aliphatic carbocycles. The molecule has 2 rings (SSSR count). The molecule has 2 nitrogen and oxygen atoms in total. The van der Waals surface area contributed by atoms with Crippen LogP contribution in [-0.2, 0) is 12.3 Å². The summed E-state index contributed by atoms with van der Waals surface area (Å²) in [7, 11) is 1.66. The van der Waals surface area contributed by atoms with Gasteiger partial charge in [-0.2, -0.15) is 0 Å². The molecular formula is C15H15Cl2NOS. The zero-order valence-electron chi connectivity index (χ0n) is 11.0. The van der Waals surface area contributed by atoms with E-state index >= 15 is 0 Å². The fourth-order valence-corrected chi connectivity index (χ4v) is 3.02. The molecule has 0 heterocycles. The second-order valence-corrected chi connectivity index (χ2v) is 6.08. The van der Waals surface area contributed by atoms with Crippen LogP contribution in [0.2, 0.25) is 10.0 Å². The molecule has 0 aliphatic heterocycles. The predicted molar refractivity (Wildman–Crippen MR) is 86.9 cm³/mol. The first-order chi connectivity index (χ1) is 9.63. The molecule has 0 radical (unpaired) electrons. The van der Waals surface area contributed by atoms with E-state index in [-0.39, 0.29) is 0 Å². The standard InChI is InChI=1S/C15H15Cl2NOS/c1-19-15-6-10(2-3-11(15)8-18)9-20-12-4-5-13(16)14(17)7-12/h2-7H,8-9,18H2,1H3. The van der Waals surface area contributed by atoms with E-state index < -0.39 is 0 Å². The maximum Gasteiger partial charge on any atom is 0.123 e. The molecule has 0 aliphatic rings. The minimum atomic E-state index is 0.476. The normalized spacial score (nSPS) is 10.6. The summed E-state index contributed by atoms with van der Waals surface area (Å²) in [6.07, 6.45) is 0. The van der Waals surface area contributed by atoms with Gasteiger partial charge in [0, 0.05) is 22.8 Å². The molecule has 0 unspecified atom stereocenters. The minimum Gasteiger partial charge on any atom is -0.496 e. The van der Waals surface area contributed by atoms with Gasteiger partial charge in [0.05, 0.1) is 17.2 Å². The highest BCUT2D eigenvalue weighted by Gasteiger charge is 2.05. The minimum absolute atomic E-state index is 0.476. The third kappa shape index (κ3) is 3.83. The Labute approximate surface area is 133 Å². The summed E-state index contributed by atoms with van der Waals surface area (Å²) in [6.45, 7) is 0.476. The Morgan fingerprint density at radius 1 is 1.10 bits per heavy atom. The third-order valence-corrected chi connectivity index (χ3v) is 4.67. The van der Waals surface area contributed by atoms with E-state index in [9.17, 15) is 0 Å². The van der Waals surface area contributed by atoms with Crippen molar-refractivity contribution in [2.45, 2.75) is 17.2 Å². The number of nitrogens with two attached hydrogens (primary N) is 1. The van der Waals surface area contributed by atoms with Gasteiger partial charge >= 0.3 is 0 Å². The predicted octanol–water partition coefficient (Wildman–Crippen LogP) is 4.75. The molecule has 0 bridgehead atoms. The average Bonchev–Trinajstić information content (AvgIpc) is 2.48. The Kier molecular flexibility index (Phi) is 5.61. The highest BCUT2D eigenvalue weighted by Crippen LogP contribution is 2.31. The van der Waals surface area contributed by atoms with Gasteiger partial charge < -0.3 is 10.5 Å². The summed E-state index contributed by atoms with van der Waals surface area (Å²) in [5, 5.41) is 1.15. The van der Waals surface area contributed by atoms with Crippen LogP contribution in [0.5, 0.6) is 5.75 Å². The van der Waals surface area contributed by atoms with E-state index in [1.165, 1.54) is 5.56 Å². The fourth-order valence-electron chi connectivity index (χ4n) is 1.78. The summed E-state index contributed by atoms with van der Waals surface area (Å²) in [6, 6.07) is 11.7. The Hall–Kier alpha value is -0.870. The third-order valence-electron chi connectivity index (χ3n) is 2.87. The number of benzene rings is 2. The van der Waals surface area contributed by atoms with Crippen molar-refractivity contribution < 1.29 is 4.74 Å². The molecule has 0 saturated heterocycles. The van der Waals surface area contributed by atoms with Gasteiger partial charge in [0.1, 0.15) is 5.75 Å². The zero-order valence-corrected chi connectivity index (χ0v) is 13.4. The van der Waals surface area contributed by atoms with Crippen LogP contribution in [0.4, 0.5) is 0 Å². The Balaban J connectivity index is 2.08. The highest BCUT2D eigenvalue weighted by molar-refractivity contribution is 7.98. The van der Waals surface area contributed by atoms with Crippen LogP contribution in [0.3, 0.4) is 0 Å². The zero-order chi connectivity index (χ0) is 14.5. The lowest BCUT2D eigenvalue weighted by Crippen LogP contribution is -2.00. The van der Waals surface area contributed by atoms with Crippen LogP contribution in [0.1, 0.15) is 11.1 Å². The summed E-state index contributed by atoms with van der Waals surface area (Å²) in [5.41, 5.74) is 7.85. The van der Waals surface area contributed by atoms with E-state index in [4.69, 9.17) is 33.7 Å². The molecule has 0 fully saturated rings. The van der Waals surface area contributed by atoms with E-state index in [2.05, 4.69) is 6.07 Å². The maximum absolute atomic E-state index is 6.00. The second kappa shape index (κ2) is 7.23. The van der Waals surface area contributed by atoms with E-state index in [0.29, 0.717) is 16.6 Å². The van der Waals surface area contributed by atoms with Gasteiger partial charge in [-0.1, -0.05) is 35.3 Å². The van der Waals surface area contributed by atoms with Crippen molar-refractivity contribution in [3.05, 3.63) is 57.6 Å². The topological polar surface area (TPSA) is 35.2 Å². The SMILES string of the molecule is COc1cc(CSc2ccc(Cl)c(Cl)c2)ccc1CN. The van der Waals surface area contributed by atoms with Crippen LogP contribution in [0, 0.1) is 0 Å². The van der Waals surface area contributed by atoms with Crippen LogP contribution >= 0.6 is 35.0 Å². The highest BCUT2D eigenvalue weighted by atomic mass is 35.5. The van der Waals surface area contributed by atoms with Gasteiger partial charge in [-0.05, 0) is 29.8 Å². The second-order valence-electron chi connectivity index (χ2n) is 4.21. The summed E-state index contributed by atoms with van der Waals surface area (Å²) < 4.78 is 5.34. The molecule has 0 spiro atoms. The lowest BCUT2D eigenvalue weighted by atomic mass is 10.1. The van der Waals surface area contributed by atoms with Crippen LogP contribution in [0.25, 0.3) is 0 Å². The van der Waals surface area contributed by atoms with Gasteiger partial charge in [-0.25, -0.2) is 0 Å². The van der Waals surface area contributed by atoms with Crippen molar-refractivity contribution in [3.63, 3.8) is 0 Å². The fraction of sp³-hybridized carbons (Fsp3) is 0.200. The van der Waals surface area contributed by atoms with Gasteiger partial charge in [0.15, 0.2) is 0 Å². The van der Waals surface area contributed by atoms with Crippen LogP contribution in [0.15, 0.2) is 41.3 Å². The summed E-state index contributed by atoms with van der Waals surface area (Å²) >= 11 is 13.6. The van der Waals surface area contributed by atoms with Crippen molar-refractivity contribution in [3.8, 4) is 5.75 Å². The molecule has 0 aromatic heterocycles. The Morgan fingerprint density at radius 2 is 1.90 bits per heavy atom. The van der Waals surface area contributed by atoms with Gasteiger partial charge in [-0.3, -0.25) is 0 Å². The van der Waals surface area contributed by atoms with E-state index in [0.717, 1.165) is 22.0 Å². The Bertz CT molecular complexity index is 604. The first-order valence-corrected chi connectivity index (χ1v) is 7.82. The average molecular weight is 328 g/mol. The molecule has 106 valence electrons. The number of halogens is 2. The summed E-state index contributed by atoms with van der Waals surface area (Å²) in [5.74, 6) is 1.67. The number of thioether (sulfide) groups is 1. The number of rotatable bonds is 5. The first-order valence-electron chi connectivity index (χ1n) is 6.07. The quantitative estimate of drug-likeness (QED) is 0.804. The first kappa shape index (κ1) is 15.5. The monoisotopic (exact) mass is 327 g/mol. The number of ether oxygens (including phenoxy) is 1. The molecule has 0 saturated carbocycles. The molecule has 2 aromatic carbocycles. The molecule has 2 N–H and O–H groups in total. The molecule has 5 heteroatoms. The number of methoxy groups -OCH3 is 1. The molecule has 0 atom stereocenters. The van der Waals surface area contributed by atoms with Crippen molar-refractivity contribution in [1.82, 2.24) is 0 Å². The number of hydrogen-bond acceptors (Lipinski definition) is 3. The smallest absolute Gasteiger partial charge is 0.123 e. The van der Waals surface area contributed by atoms with E-state index in [1.807, 2.05) is 30.3 Å². The molecule has 2 aromatic rings. The van der Waals surface area contributed by atoms with E-state index in [1.54, 1.807) is 18.9 Å². The van der Waals surface area contributed by atoms with Crippen LogP contribution < -0.4 is 10.5 Å². The van der Waals surface area contributed by atoms with Gasteiger partial charge in [-0.15, -0.1) is 11.8 Å². The molecule has 20 heavy (non-hydrogen) atoms. The molecular weight excluding hydrogens is 313 g/mol. The molecule has 0 amide bonds. The van der Waals surface area contributed by atoms with Gasteiger partial charge in [0.25, 0.3) is 0 Å². The van der Waals surface area contributed by atoms with Crippen molar-refractivity contribution in [1.29, 1.82) is 0 Å². The lowest BCUT2D eigenvalue weighted by molar-refractivity contribution is 0.409. The van der Waals surface area contributed by atoms with Crippen LogP contribution in [-0.4, -0.2) is 7.11 Å². The Morgan fingerprint density at radius 3 is 2.55 bits per heavy atom. The number of hydrogen-bond donors (Lipinski definition) is 1. The lowest BCUT2D eigenvalue weighted by Gasteiger charge is -2.09. The summed E-state index contributed by atoms with van der Waals surface area (Å²) in [4.78, 5) is 1.08. The maximum atomic E-state index is 6.00. The largest absolute Gasteiger partial charge is 0.496 e. The van der Waals surface area contributed by atoms with Crippen molar-refractivity contribution in [2.24, 2.45) is 5.73 Å². The van der Waals surface area contributed by atoms with Crippen molar-refractivity contribution in [2.75, 3.05) is 7.11 Å². The van der Waals surface area contributed by atoms with Gasteiger partial charge in [0.2, 0.25) is 0 Å². The van der Waals surface area contributed by atoms with Crippen molar-refractivity contribution >= 4 is 35.0 Å².